The molecule has 96 valence electrons. The lowest BCUT2D eigenvalue weighted by molar-refractivity contribution is 0.0899. The minimum Gasteiger partial charge on any atom is -0.294 e. The number of benzene rings is 1. The second kappa shape index (κ2) is 4.72. The molecule has 0 saturated heterocycles. The average molecular weight is 242 g/mol. The molecule has 2 rings (SSSR count). The van der Waals surface area contributed by atoms with Gasteiger partial charge in [0.1, 0.15) is 0 Å². The van der Waals surface area contributed by atoms with Gasteiger partial charge in [0.25, 0.3) is 0 Å². The zero-order valence-electron chi connectivity index (χ0n) is 11.8. The maximum absolute atomic E-state index is 12.6. The molecule has 1 unspecified atom stereocenters. The van der Waals surface area contributed by atoms with Gasteiger partial charge in [0.05, 0.1) is 0 Å². The second-order valence-corrected chi connectivity index (χ2v) is 5.68. The first-order chi connectivity index (χ1) is 8.52. The minimum atomic E-state index is -0.0435. The average Bonchev–Trinajstić information content (AvgIpc) is 2.55. The third kappa shape index (κ3) is 1.92. The summed E-state index contributed by atoms with van der Waals surface area (Å²) in [6.45, 7) is 8.52. The summed E-state index contributed by atoms with van der Waals surface area (Å²) >= 11 is 0. The Hall–Kier alpha value is -1.37. The van der Waals surface area contributed by atoms with Crippen LogP contribution in [0.15, 0.2) is 30.4 Å². The fourth-order valence-corrected chi connectivity index (χ4v) is 2.95. The van der Waals surface area contributed by atoms with Crippen molar-refractivity contribution in [3.8, 4) is 0 Å². The van der Waals surface area contributed by atoms with Crippen LogP contribution >= 0.6 is 0 Å². The van der Waals surface area contributed by atoms with Gasteiger partial charge in [-0.15, -0.1) is 0 Å². The molecule has 1 aliphatic rings. The lowest BCUT2D eigenvalue weighted by Gasteiger charge is -2.26. The molecule has 0 radical (unpaired) electrons. The number of allylic oxidation sites excluding steroid dienone is 2. The van der Waals surface area contributed by atoms with E-state index in [0.717, 1.165) is 18.4 Å². The van der Waals surface area contributed by atoms with Crippen LogP contribution in [0, 0.1) is 5.92 Å². The van der Waals surface area contributed by atoms with Crippen molar-refractivity contribution in [2.75, 3.05) is 0 Å². The van der Waals surface area contributed by atoms with Gasteiger partial charge in [-0.1, -0.05) is 45.1 Å². The SMILES string of the molecule is C/C=C/CC1C(=O)c2cc(CC)ccc2C1(C)C. The van der Waals surface area contributed by atoms with Crippen molar-refractivity contribution in [3.63, 3.8) is 0 Å². The van der Waals surface area contributed by atoms with E-state index < -0.39 is 0 Å². The van der Waals surface area contributed by atoms with Gasteiger partial charge >= 0.3 is 0 Å². The maximum Gasteiger partial charge on any atom is 0.167 e. The molecular formula is C17H22O. The van der Waals surface area contributed by atoms with E-state index in [9.17, 15) is 4.79 Å². The van der Waals surface area contributed by atoms with Crippen LogP contribution in [-0.4, -0.2) is 5.78 Å². The predicted molar refractivity (Wildman–Crippen MR) is 76.1 cm³/mol. The van der Waals surface area contributed by atoms with E-state index in [4.69, 9.17) is 0 Å². The van der Waals surface area contributed by atoms with Gasteiger partial charge in [0.15, 0.2) is 5.78 Å². The van der Waals surface area contributed by atoms with Crippen LogP contribution in [0.5, 0.6) is 0 Å². The third-order valence-corrected chi connectivity index (χ3v) is 4.25. The zero-order chi connectivity index (χ0) is 13.3. The quantitative estimate of drug-likeness (QED) is 0.722. The monoisotopic (exact) mass is 242 g/mol. The van der Waals surface area contributed by atoms with Crippen molar-refractivity contribution in [1.82, 2.24) is 0 Å². The topological polar surface area (TPSA) is 17.1 Å². The number of hydrogen-bond donors (Lipinski definition) is 0. The lowest BCUT2D eigenvalue weighted by Crippen LogP contribution is -2.26. The third-order valence-electron chi connectivity index (χ3n) is 4.25. The summed E-state index contributed by atoms with van der Waals surface area (Å²) in [5.41, 5.74) is 3.38. The molecule has 0 aliphatic heterocycles. The standard InChI is InChI=1S/C17H22O/c1-5-7-8-15-16(18)13-11-12(6-2)9-10-14(13)17(15,3)4/h5,7,9-11,15H,6,8H2,1-4H3/b7-5+. The molecule has 0 bridgehead atoms. The summed E-state index contributed by atoms with van der Waals surface area (Å²) in [6.07, 6.45) is 5.97. The van der Waals surface area contributed by atoms with Crippen molar-refractivity contribution in [3.05, 3.63) is 47.0 Å². The van der Waals surface area contributed by atoms with Crippen LogP contribution in [0.4, 0.5) is 0 Å². The van der Waals surface area contributed by atoms with Gasteiger partial charge in [0.2, 0.25) is 0 Å². The molecule has 1 heteroatoms. The van der Waals surface area contributed by atoms with Gasteiger partial charge in [-0.25, -0.2) is 0 Å². The first-order valence-corrected chi connectivity index (χ1v) is 6.81. The summed E-state index contributed by atoms with van der Waals surface area (Å²) in [6, 6.07) is 6.41. The molecule has 1 aromatic rings. The molecule has 0 saturated carbocycles. The van der Waals surface area contributed by atoms with E-state index in [1.807, 2.05) is 13.0 Å². The number of carbonyl (C=O) groups is 1. The molecule has 0 N–H and O–H groups in total. The Morgan fingerprint density at radius 3 is 2.67 bits per heavy atom. The summed E-state index contributed by atoms with van der Waals surface area (Å²) in [7, 11) is 0. The van der Waals surface area contributed by atoms with E-state index >= 15 is 0 Å². The number of ketones is 1. The molecule has 0 spiro atoms. The van der Waals surface area contributed by atoms with Crippen LogP contribution in [0.25, 0.3) is 0 Å². The number of carbonyl (C=O) groups excluding carboxylic acids is 1. The summed E-state index contributed by atoms with van der Waals surface area (Å²) < 4.78 is 0. The van der Waals surface area contributed by atoms with Gasteiger partial charge in [-0.05, 0) is 37.0 Å². The Kier molecular flexibility index (Phi) is 3.43. The van der Waals surface area contributed by atoms with Crippen molar-refractivity contribution in [1.29, 1.82) is 0 Å². The minimum absolute atomic E-state index is 0.0435. The normalized spacial score (nSPS) is 21.6. The Bertz CT molecular complexity index is 494. The van der Waals surface area contributed by atoms with Gasteiger partial charge < -0.3 is 0 Å². The van der Waals surface area contributed by atoms with Gasteiger partial charge in [0, 0.05) is 16.9 Å². The van der Waals surface area contributed by atoms with Crippen molar-refractivity contribution < 1.29 is 4.79 Å². The highest BCUT2D eigenvalue weighted by Crippen LogP contribution is 2.44. The number of hydrogen-bond acceptors (Lipinski definition) is 1. The molecular weight excluding hydrogens is 220 g/mol. The fourth-order valence-electron chi connectivity index (χ4n) is 2.95. The number of Topliss-reactive ketones (excluding diaryl/α,β-unsaturated/α-hetero) is 1. The van der Waals surface area contributed by atoms with Crippen LogP contribution in [0.2, 0.25) is 0 Å². The van der Waals surface area contributed by atoms with Crippen molar-refractivity contribution in [2.24, 2.45) is 5.92 Å². The predicted octanol–water partition coefficient (Wildman–Crippen LogP) is 4.31. The van der Waals surface area contributed by atoms with Crippen LogP contribution < -0.4 is 0 Å². The Balaban J connectivity index is 2.46. The highest BCUT2D eigenvalue weighted by Gasteiger charge is 2.44. The molecule has 0 fully saturated rings. The van der Waals surface area contributed by atoms with Crippen LogP contribution in [0.3, 0.4) is 0 Å². The molecule has 1 atom stereocenters. The number of aryl methyl sites for hydroxylation is 1. The number of rotatable bonds is 3. The molecule has 1 aliphatic carbocycles. The molecule has 0 heterocycles. The summed E-state index contributed by atoms with van der Waals surface area (Å²) in [4.78, 5) is 12.6. The fraction of sp³-hybridized carbons (Fsp3) is 0.471. The second-order valence-electron chi connectivity index (χ2n) is 5.68. The summed E-state index contributed by atoms with van der Waals surface area (Å²) in [5.74, 6) is 0.416. The van der Waals surface area contributed by atoms with E-state index in [2.05, 4.69) is 45.0 Å². The van der Waals surface area contributed by atoms with Crippen LogP contribution in [-0.2, 0) is 11.8 Å². The largest absolute Gasteiger partial charge is 0.294 e. The van der Waals surface area contributed by atoms with E-state index in [1.54, 1.807) is 0 Å². The van der Waals surface area contributed by atoms with E-state index in [0.29, 0.717) is 5.78 Å². The first-order valence-electron chi connectivity index (χ1n) is 6.81. The van der Waals surface area contributed by atoms with Crippen molar-refractivity contribution >= 4 is 5.78 Å². The molecule has 0 amide bonds. The Labute approximate surface area is 110 Å². The highest BCUT2D eigenvalue weighted by atomic mass is 16.1. The summed E-state index contributed by atoms with van der Waals surface area (Å²) in [5, 5.41) is 0. The van der Waals surface area contributed by atoms with E-state index in [1.165, 1.54) is 11.1 Å². The molecule has 1 nitrogen and oxygen atoms in total. The van der Waals surface area contributed by atoms with E-state index in [-0.39, 0.29) is 11.3 Å². The lowest BCUT2D eigenvalue weighted by atomic mass is 9.76. The highest BCUT2D eigenvalue weighted by molar-refractivity contribution is 6.04. The number of fused-ring (bicyclic) bond motifs is 1. The molecule has 18 heavy (non-hydrogen) atoms. The maximum atomic E-state index is 12.6. The van der Waals surface area contributed by atoms with Crippen molar-refractivity contribution in [2.45, 2.75) is 46.0 Å². The van der Waals surface area contributed by atoms with Crippen LogP contribution in [0.1, 0.15) is 55.6 Å². The van der Waals surface area contributed by atoms with Gasteiger partial charge in [-0.3, -0.25) is 4.79 Å². The van der Waals surface area contributed by atoms with Gasteiger partial charge in [-0.2, -0.15) is 0 Å². The molecule has 1 aromatic carbocycles. The first kappa shape index (κ1) is 13.1. The molecule has 0 aromatic heterocycles. The zero-order valence-corrected chi connectivity index (χ0v) is 11.8. The Morgan fingerprint density at radius 1 is 1.33 bits per heavy atom. The Morgan fingerprint density at radius 2 is 2.06 bits per heavy atom. The smallest absolute Gasteiger partial charge is 0.167 e.